The molecular weight excluding hydrogens is 214 g/mol. The van der Waals surface area contributed by atoms with Crippen LogP contribution >= 0.6 is 0 Å². The second-order valence-electron chi connectivity index (χ2n) is 3.98. The minimum absolute atomic E-state index is 0.535. The molecule has 0 saturated carbocycles. The predicted molar refractivity (Wildman–Crippen MR) is 65.7 cm³/mol. The topological polar surface area (TPSA) is 64.9 Å². The van der Waals surface area contributed by atoms with Crippen LogP contribution in [-0.2, 0) is 19.3 Å². The summed E-state index contributed by atoms with van der Waals surface area (Å²) in [7, 11) is 0. The second-order valence-corrected chi connectivity index (χ2v) is 3.98. The van der Waals surface area contributed by atoms with Crippen LogP contribution in [0, 0.1) is 0 Å². The van der Waals surface area contributed by atoms with E-state index in [1.165, 1.54) is 11.1 Å². The first kappa shape index (κ1) is 11.8. The Morgan fingerprint density at radius 2 is 1.71 bits per heavy atom. The molecule has 1 aromatic carbocycles. The van der Waals surface area contributed by atoms with E-state index in [1.807, 2.05) is 0 Å². The van der Waals surface area contributed by atoms with Crippen molar-refractivity contribution in [1.29, 1.82) is 0 Å². The number of rotatable bonds is 5. The first-order valence-corrected chi connectivity index (χ1v) is 5.91. The number of hydrogen-bond donors (Lipinski definition) is 1. The van der Waals surface area contributed by atoms with Crippen molar-refractivity contribution < 1.29 is 4.42 Å². The molecule has 0 aliphatic carbocycles. The predicted octanol–water partition coefficient (Wildman–Crippen LogP) is 1.72. The average molecular weight is 231 g/mol. The number of aromatic nitrogens is 2. The van der Waals surface area contributed by atoms with E-state index < -0.39 is 0 Å². The summed E-state index contributed by atoms with van der Waals surface area (Å²) in [6, 6.07) is 8.47. The summed E-state index contributed by atoms with van der Waals surface area (Å²) in [6.07, 6.45) is 2.38. The lowest BCUT2D eigenvalue weighted by Gasteiger charge is -1.99. The van der Waals surface area contributed by atoms with Gasteiger partial charge < -0.3 is 10.2 Å². The molecule has 1 aromatic heterocycles. The minimum atomic E-state index is 0.535. The molecule has 17 heavy (non-hydrogen) atoms. The van der Waals surface area contributed by atoms with Gasteiger partial charge in [-0.15, -0.1) is 10.2 Å². The van der Waals surface area contributed by atoms with E-state index >= 15 is 0 Å². The molecule has 90 valence electrons. The van der Waals surface area contributed by atoms with E-state index in [1.54, 1.807) is 0 Å². The monoisotopic (exact) mass is 231 g/mol. The number of hydrogen-bond acceptors (Lipinski definition) is 4. The molecule has 4 heteroatoms. The van der Waals surface area contributed by atoms with Crippen molar-refractivity contribution in [2.45, 2.75) is 26.2 Å². The van der Waals surface area contributed by atoms with Gasteiger partial charge in [-0.25, -0.2) is 0 Å². The van der Waals surface area contributed by atoms with Crippen molar-refractivity contribution in [1.82, 2.24) is 10.2 Å². The van der Waals surface area contributed by atoms with Crippen LogP contribution in [-0.4, -0.2) is 16.7 Å². The first-order valence-electron chi connectivity index (χ1n) is 5.91. The van der Waals surface area contributed by atoms with Crippen molar-refractivity contribution in [2.24, 2.45) is 5.73 Å². The SMILES string of the molecule is CCc1ccc(Cc2nnc(CCN)o2)cc1. The summed E-state index contributed by atoms with van der Waals surface area (Å²) >= 11 is 0. The molecule has 0 unspecified atom stereocenters. The van der Waals surface area contributed by atoms with Crippen LogP contribution in [0.15, 0.2) is 28.7 Å². The van der Waals surface area contributed by atoms with Crippen molar-refractivity contribution >= 4 is 0 Å². The minimum Gasteiger partial charge on any atom is -0.425 e. The zero-order valence-corrected chi connectivity index (χ0v) is 10.0. The van der Waals surface area contributed by atoms with Crippen molar-refractivity contribution in [2.75, 3.05) is 6.54 Å². The van der Waals surface area contributed by atoms with E-state index in [9.17, 15) is 0 Å². The second kappa shape index (κ2) is 5.59. The molecule has 1 heterocycles. The molecule has 0 aliphatic rings. The summed E-state index contributed by atoms with van der Waals surface area (Å²) in [4.78, 5) is 0. The van der Waals surface area contributed by atoms with Crippen LogP contribution in [0.2, 0.25) is 0 Å². The smallest absolute Gasteiger partial charge is 0.220 e. The van der Waals surface area contributed by atoms with E-state index in [-0.39, 0.29) is 0 Å². The summed E-state index contributed by atoms with van der Waals surface area (Å²) in [5.41, 5.74) is 7.95. The first-order chi connectivity index (χ1) is 8.31. The molecule has 0 amide bonds. The van der Waals surface area contributed by atoms with Crippen molar-refractivity contribution in [3.8, 4) is 0 Å². The highest BCUT2D eigenvalue weighted by atomic mass is 16.4. The molecule has 4 nitrogen and oxygen atoms in total. The Kier molecular flexibility index (Phi) is 3.88. The Hall–Kier alpha value is -1.68. The molecule has 0 spiro atoms. The van der Waals surface area contributed by atoms with Gasteiger partial charge in [-0.1, -0.05) is 31.2 Å². The fourth-order valence-electron chi connectivity index (χ4n) is 1.65. The number of aryl methyl sites for hydroxylation is 1. The van der Waals surface area contributed by atoms with Crippen LogP contribution in [0.1, 0.15) is 29.8 Å². The molecule has 2 N–H and O–H groups in total. The van der Waals surface area contributed by atoms with Gasteiger partial charge in [-0.3, -0.25) is 0 Å². The fraction of sp³-hybridized carbons (Fsp3) is 0.385. The summed E-state index contributed by atoms with van der Waals surface area (Å²) in [6.45, 7) is 2.68. The van der Waals surface area contributed by atoms with Gasteiger partial charge in [0.1, 0.15) is 0 Å². The third-order valence-corrected chi connectivity index (χ3v) is 2.65. The van der Waals surface area contributed by atoms with Gasteiger partial charge in [0.05, 0.1) is 6.42 Å². The normalized spacial score (nSPS) is 10.7. The standard InChI is InChI=1S/C13H17N3O/c1-2-10-3-5-11(6-4-10)9-13-16-15-12(17-13)7-8-14/h3-6H,2,7-9,14H2,1H3. The van der Waals surface area contributed by atoms with E-state index in [0.29, 0.717) is 31.2 Å². The number of nitrogens with two attached hydrogens (primary N) is 1. The Balaban J connectivity index is 2.03. The van der Waals surface area contributed by atoms with Gasteiger partial charge in [0.2, 0.25) is 11.8 Å². The lowest BCUT2D eigenvalue weighted by Crippen LogP contribution is -2.02. The quantitative estimate of drug-likeness (QED) is 0.851. The van der Waals surface area contributed by atoms with Gasteiger partial charge in [0.25, 0.3) is 0 Å². The average Bonchev–Trinajstić information content (AvgIpc) is 2.78. The Morgan fingerprint density at radius 1 is 1.06 bits per heavy atom. The van der Waals surface area contributed by atoms with Crippen LogP contribution in [0.25, 0.3) is 0 Å². The van der Waals surface area contributed by atoms with Gasteiger partial charge in [-0.05, 0) is 17.5 Å². The third-order valence-electron chi connectivity index (χ3n) is 2.65. The maximum atomic E-state index is 5.48. The van der Waals surface area contributed by atoms with Crippen LogP contribution in [0.5, 0.6) is 0 Å². The van der Waals surface area contributed by atoms with Crippen molar-refractivity contribution in [3.63, 3.8) is 0 Å². The zero-order valence-electron chi connectivity index (χ0n) is 10.0. The van der Waals surface area contributed by atoms with Crippen LogP contribution in [0.3, 0.4) is 0 Å². The number of nitrogens with zero attached hydrogens (tertiary/aromatic N) is 2. The van der Waals surface area contributed by atoms with Gasteiger partial charge >= 0.3 is 0 Å². The molecule has 0 bridgehead atoms. The highest BCUT2D eigenvalue weighted by Crippen LogP contribution is 2.10. The van der Waals surface area contributed by atoms with Crippen molar-refractivity contribution in [3.05, 3.63) is 47.2 Å². The Morgan fingerprint density at radius 3 is 2.35 bits per heavy atom. The summed E-state index contributed by atoms with van der Waals surface area (Å²) < 4.78 is 5.48. The summed E-state index contributed by atoms with van der Waals surface area (Å²) in [5.74, 6) is 1.27. The van der Waals surface area contributed by atoms with Gasteiger partial charge in [0.15, 0.2) is 0 Å². The molecule has 0 fully saturated rings. The highest BCUT2D eigenvalue weighted by Gasteiger charge is 2.06. The Labute approximate surface area is 101 Å². The summed E-state index contributed by atoms with van der Waals surface area (Å²) in [5, 5.41) is 7.94. The largest absolute Gasteiger partial charge is 0.425 e. The Bertz CT molecular complexity index is 462. The lowest BCUT2D eigenvalue weighted by molar-refractivity contribution is 0.458. The lowest BCUT2D eigenvalue weighted by atomic mass is 10.1. The molecule has 0 aliphatic heterocycles. The van der Waals surface area contributed by atoms with Crippen LogP contribution < -0.4 is 5.73 Å². The number of benzene rings is 1. The molecule has 0 radical (unpaired) electrons. The fourth-order valence-corrected chi connectivity index (χ4v) is 1.65. The molecule has 2 aromatic rings. The van der Waals surface area contributed by atoms with Gasteiger partial charge in [-0.2, -0.15) is 0 Å². The zero-order chi connectivity index (χ0) is 12.1. The maximum Gasteiger partial charge on any atom is 0.220 e. The van der Waals surface area contributed by atoms with E-state index in [4.69, 9.17) is 10.2 Å². The molecule has 0 atom stereocenters. The van der Waals surface area contributed by atoms with E-state index in [2.05, 4.69) is 41.4 Å². The van der Waals surface area contributed by atoms with E-state index in [0.717, 1.165) is 6.42 Å². The highest BCUT2D eigenvalue weighted by molar-refractivity contribution is 5.24. The molecular formula is C13H17N3O. The van der Waals surface area contributed by atoms with Crippen LogP contribution in [0.4, 0.5) is 0 Å². The third kappa shape index (κ3) is 3.14. The molecule has 2 rings (SSSR count). The maximum absolute atomic E-state index is 5.48. The van der Waals surface area contributed by atoms with Gasteiger partial charge in [0, 0.05) is 13.0 Å². The molecule has 0 saturated heterocycles.